The molecule has 0 bridgehead atoms. The summed E-state index contributed by atoms with van der Waals surface area (Å²) < 4.78 is 19.6. The van der Waals surface area contributed by atoms with E-state index in [1.807, 2.05) is 6.07 Å². The van der Waals surface area contributed by atoms with Crippen molar-refractivity contribution in [3.05, 3.63) is 35.6 Å². The summed E-state index contributed by atoms with van der Waals surface area (Å²) in [7, 11) is 0. The van der Waals surface area contributed by atoms with Crippen molar-refractivity contribution in [3.63, 3.8) is 0 Å². The first-order chi connectivity index (χ1) is 10.2. The Bertz CT molecular complexity index is 470. The van der Waals surface area contributed by atoms with Crippen LogP contribution in [0.2, 0.25) is 0 Å². The first-order valence-electron chi connectivity index (χ1n) is 8.33. The van der Waals surface area contributed by atoms with Crippen LogP contribution in [0.25, 0.3) is 0 Å². The van der Waals surface area contributed by atoms with Crippen molar-refractivity contribution in [2.45, 2.75) is 75.5 Å². The molecule has 2 nitrogen and oxygen atoms in total. The molecule has 2 N–H and O–H groups in total. The number of benzene rings is 1. The summed E-state index contributed by atoms with van der Waals surface area (Å²) in [5.41, 5.74) is 7.40. The van der Waals surface area contributed by atoms with Crippen molar-refractivity contribution in [1.29, 1.82) is 0 Å². The lowest BCUT2D eigenvalue weighted by Gasteiger charge is -2.33. The Hall–Kier alpha value is -0.930. The molecule has 1 aromatic rings. The van der Waals surface area contributed by atoms with E-state index in [9.17, 15) is 4.39 Å². The van der Waals surface area contributed by atoms with E-state index in [1.54, 1.807) is 12.1 Å². The highest BCUT2D eigenvalue weighted by molar-refractivity contribution is 5.17. The third-order valence-corrected chi connectivity index (χ3v) is 5.06. The van der Waals surface area contributed by atoms with Crippen molar-refractivity contribution in [2.75, 3.05) is 0 Å². The maximum atomic E-state index is 13.2. The quantitative estimate of drug-likeness (QED) is 0.911. The van der Waals surface area contributed by atoms with Crippen LogP contribution in [-0.4, -0.2) is 17.7 Å². The minimum absolute atomic E-state index is 0.0514. The summed E-state index contributed by atoms with van der Waals surface area (Å²) in [4.78, 5) is 0. The predicted octanol–water partition coefficient (Wildman–Crippen LogP) is 3.97. The molecule has 0 aromatic heterocycles. The van der Waals surface area contributed by atoms with E-state index in [2.05, 4.69) is 0 Å². The highest BCUT2D eigenvalue weighted by Crippen LogP contribution is 2.42. The molecule has 2 fully saturated rings. The topological polar surface area (TPSA) is 35.2 Å². The van der Waals surface area contributed by atoms with Crippen LogP contribution in [0.1, 0.15) is 56.9 Å². The van der Waals surface area contributed by atoms with E-state index < -0.39 is 0 Å². The highest BCUT2D eigenvalue weighted by Gasteiger charge is 2.40. The summed E-state index contributed by atoms with van der Waals surface area (Å²) in [5, 5.41) is 0. The molecule has 3 heteroatoms. The summed E-state index contributed by atoms with van der Waals surface area (Å²) in [6.45, 7) is 0. The zero-order chi connectivity index (χ0) is 14.7. The van der Waals surface area contributed by atoms with Crippen molar-refractivity contribution in [3.8, 4) is 0 Å². The summed E-state index contributed by atoms with van der Waals surface area (Å²) in [6.07, 6.45) is 10.7. The van der Waals surface area contributed by atoms with Gasteiger partial charge >= 0.3 is 0 Å². The average Bonchev–Trinajstić information content (AvgIpc) is 2.82. The largest absolute Gasteiger partial charge is 0.372 e. The third kappa shape index (κ3) is 3.83. The Morgan fingerprint density at radius 3 is 2.81 bits per heavy atom. The molecule has 2 aliphatic rings. The number of rotatable bonds is 4. The molecule has 1 saturated carbocycles. The van der Waals surface area contributed by atoms with Gasteiger partial charge in [0.1, 0.15) is 5.82 Å². The van der Waals surface area contributed by atoms with Gasteiger partial charge in [0, 0.05) is 6.04 Å². The lowest BCUT2D eigenvalue weighted by Crippen LogP contribution is -2.34. The van der Waals surface area contributed by atoms with Crippen LogP contribution in [0.5, 0.6) is 0 Å². The molecule has 1 heterocycles. The molecule has 1 aliphatic carbocycles. The zero-order valence-corrected chi connectivity index (χ0v) is 12.7. The van der Waals surface area contributed by atoms with Gasteiger partial charge in [0.05, 0.1) is 11.7 Å². The van der Waals surface area contributed by atoms with Gasteiger partial charge in [-0.15, -0.1) is 0 Å². The molecule has 21 heavy (non-hydrogen) atoms. The molecule has 0 radical (unpaired) electrons. The van der Waals surface area contributed by atoms with E-state index >= 15 is 0 Å². The molecule has 1 spiro atoms. The number of hydrogen-bond acceptors (Lipinski definition) is 2. The summed E-state index contributed by atoms with van der Waals surface area (Å²) in [6, 6.07) is 6.80. The second-order valence-electron chi connectivity index (χ2n) is 6.85. The van der Waals surface area contributed by atoms with Gasteiger partial charge in [0.2, 0.25) is 0 Å². The van der Waals surface area contributed by atoms with Crippen LogP contribution in [-0.2, 0) is 11.2 Å². The lowest BCUT2D eigenvalue weighted by atomic mass is 9.83. The number of nitrogens with two attached hydrogens (primary N) is 1. The van der Waals surface area contributed by atoms with Gasteiger partial charge in [-0.3, -0.25) is 0 Å². The van der Waals surface area contributed by atoms with Crippen LogP contribution in [0.4, 0.5) is 4.39 Å². The first-order valence-corrected chi connectivity index (χ1v) is 8.33. The van der Waals surface area contributed by atoms with Gasteiger partial charge < -0.3 is 10.5 Å². The SMILES string of the molecule is NC(Cc1cccc(F)c1)CC1CCC2(CCCCC2)O1. The Morgan fingerprint density at radius 1 is 1.24 bits per heavy atom. The molecule has 3 rings (SSSR count). The van der Waals surface area contributed by atoms with Gasteiger partial charge in [-0.1, -0.05) is 31.4 Å². The van der Waals surface area contributed by atoms with Crippen LogP contribution < -0.4 is 5.73 Å². The molecular weight excluding hydrogens is 265 g/mol. The second kappa shape index (κ2) is 6.45. The smallest absolute Gasteiger partial charge is 0.123 e. The van der Waals surface area contributed by atoms with Crippen molar-refractivity contribution in [2.24, 2.45) is 5.73 Å². The Labute approximate surface area is 126 Å². The standard InChI is InChI=1S/C18H26FNO/c19-15-6-4-5-14(11-15)12-16(20)13-17-7-10-18(21-17)8-2-1-3-9-18/h4-6,11,16-17H,1-3,7-10,12-13,20H2. The molecule has 1 aromatic carbocycles. The zero-order valence-electron chi connectivity index (χ0n) is 12.7. The fourth-order valence-electron chi connectivity index (χ4n) is 4.01. The number of halogens is 1. The minimum Gasteiger partial charge on any atom is -0.372 e. The molecule has 0 amide bonds. The van der Waals surface area contributed by atoms with Crippen molar-refractivity contribution >= 4 is 0 Å². The van der Waals surface area contributed by atoms with E-state index in [0.717, 1.165) is 24.8 Å². The van der Waals surface area contributed by atoms with Gasteiger partial charge in [0.15, 0.2) is 0 Å². The monoisotopic (exact) mass is 291 g/mol. The van der Waals surface area contributed by atoms with Crippen LogP contribution in [0, 0.1) is 5.82 Å². The van der Waals surface area contributed by atoms with Gasteiger partial charge in [0.25, 0.3) is 0 Å². The third-order valence-electron chi connectivity index (χ3n) is 5.06. The van der Waals surface area contributed by atoms with E-state index in [4.69, 9.17) is 10.5 Å². The molecule has 116 valence electrons. The maximum absolute atomic E-state index is 13.2. The summed E-state index contributed by atoms with van der Waals surface area (Å²) >= 11 is 0. The number of hydrogen-bond donors (Lipinski definition) is 1. The maximum Gasteiger partial charge on any atom is 0.123 e. The number of ether oxygens (including phenoxy) is 1. The van der Waals surface area contributed by atoms with Crippen LogP contribution >= 0.6 is 0 Å². The molecule has 2 atom stereocenters. The molecule has 1 aliphatic heterocycles. The van der Waals surface area contributed by atoms with E-state index in [1.165, 1.54) is 44.6 Å². The van der Waals surface area contributed by atoms with E-state index in [-0.39, 0.29) is 17.5 Å². The predicted molar refractivity (Wildman–Crippen MR) is 82.6 cm³/mol. The average molecular weight is 291 g/mol. The first kappa shape index (κ1) is 15.0. The normalized spacial score (nSPS) is 26.1. The van der Waals surface area contributed by atoms with Crippen LogP contribution in [0.15, 0.2) is 24.3 Å². The Kier molecular flexibility index (Phi) is 4.60. The summed E-state index contributed by atoms with van der Waals surface area (Å²) in [5.74, 6) is -0.182. The Morgan fingerprint density at radius 2 is 2.05 bits per heavy atom. The van der Waals surface area contributed by atoms with E-state index in [0.29, 0.717) is 6.10 Å². The van der Waals surface area contributed by atoms with Crippen LogP contribution in [0.3, 0.4) is 0 Å². The fourth-order valence-corrected chi connectivity index (χ4v) is 4.01. The second-order valence-corrected chi connectivity index (χ2v) is 6.85. The molecular formula is C18H26FNO. The lowest BCUT2D eigenvalue weighted by molar-refractivity contribution is -0.0670. The van der Waals surface area contributed by atoms with Crippen molar-refractivity contribution < 1.29 is 9.13 Å². The Balaban J connectivity index is 1.50. The minimum atomic E-state index is -0.182. The fraction of sp³-hybridized carbons (Fsp3) is 0.667. The van der Waals surface area contributed by atoms with Gasteiger partial charge in [-0.05, 0) is 56.2 Å². The molecule has 2 unspecified atom stereocenters. The highest BCUT2D eigenvalue weighted by atomic mass is 19.1. The van der Waals surface area contributed by atoms with Gasteiger partial charge in [-0.2, -0.15) is 0 Å². The molecule has 1 saturated heterocycles. The van der Waals surface area contributed by atoms with Crippen molar-refractivity contribution in [1.82, 2.24) is 0 Å². The van der Waals surface area contributed by atoms with Gasteiger partial charge in [-0.25, -0.2) is 4.39 Å².